The van der Waals surface area contributed by atoms with Crippen LogP contribution in [0.5, 0.6) is 0 Å². The number of hydrogen-bond donors (Lipinski definition) is 2. The average Bonchev–Trinajstić information content (AvgIpc) is 2.41. The second kappa shape index (κ2) is 7.59. The first-order valence-electron chi connectivity index (χ1n) is 7.77. The molecule has 5 heteroatoms. The molecule has 1 unspecified atom stereocenters. The summed E-state index contributed by atoms with van der Waals surface area (Å²) in [5, 5.41) is 6.78. The van der Waals surface area contributed by atoms with Crippen molar-refractivity contribution >= 4 is 11.6 Å². The highest BCUT2D eigenvalue weighted by Gasteiger charge is 2.19. The molecule has 0 fully saturated rings. The molecule has 0 aliphatic carbocycles. The summed E-state index contributed by atoms with van der Waals surface area (Å²) in [6, 6.07) is 2.44. The topological polar surface area (TPSA) is 53.1 Å². The van der Waals surface area contributed by atoms with Crippen molar-refractivity contribution in [3.8, 4) is 0 Å². The Bertz CT molecular complexity index is 437. The lowest BCUT2D eigenvalue weighted by atomic mass is 9.96. The van der Waals surface area contributed by atoms with Gasteiger partial charge in [-0.3, -0.25) is 0 Å². The van der Waals surface area contributed by atoms with Gasteiger partial charge in [0.25, 0.3) is 0 Å². The maximum atomic E-state index is 4.66. The van der Waals surface area contributed by atoms with Crippen LogP contribution in [-0.2, 0) is 5.41 Å². The molecule has 0 aromatic carbocycles. The molecule has 0 saturated carbocycles. The van der Waals surface area contributed by atoms with E-state index >= 15 is 0 Å². The highest BCUT2D eigenvalue weighted by Crippen LogP contribution is 2.22. The van der Waals surface area contributed by atoms with Gasteiger partial charge in [0.1, 0.15) is 17.5 Å². The van der Waals surface area contributed by atoms with Gasteiger partial charge in [0, 0.05) is 30.6 Å². The molecule has 0 radical (unpaired) electrons. The lowest BCUT2D eigenvalue weighted by Crippen LogP contribution is -2.32. The second-order valence-corrected chi connectivity index (χ2v) is 6.83. The van der Waals surface area contributed by atoms with Crippen LogP contribution >= 0.6 is 0 Å². The molecule has 1 heterocycles. The second-order valence-electron chi connectivity index (χ2n) is 6.83. The molecule has 21 heavy (non-hydrogen) atoms. The van der Waals surface area contributed by atoms with Crippen LogP contribution in [-0.4, -0.2) is 48.1 Å². The van der Waals surface area contributed by atoms with Gasteiger partial charge in [0.15, 0.2) is 0 Å². The van der Waals surface area contributed by atoms with Crippen molar-refractivity contribution in [2.24, 2.45) is 0 Å². The van der Waals surface area contributed by atoms with Gasteiger partial charge in [-0.2, -0.15) is 0 Å². The van der Waals surface area contributed by atoms with E-state index in [0.29, 0.717) is 6.04 Å². The Labute approximate surface area is 129 Å². The Morgan fingerprint density at radius 2 is 1.71 bits per heavy atom. The summed E-state index contributed by atoms with van der Waals surface area (Å²) in [7, 11) is 4.17. The van der Waals surface area contributed by atoms with E-state index in [1.54, 1.807) is 0 Å². The molecule has 0 saturated heterocycles. The van der Waals surface area contributed by atoms with E-state index in [4.69, 9.17) is 0 Å². The number of nitrogens with one attached hydrogen (secondary N) is 2. The van der Waals surface area contributed by atoms with Gasteiger partial charge in [0.2, 0.25) is 0 Å². The van der Waals surface area contributed by atoms with E-state index in [1.807, 2.05) is 6.07 Å². The van der Waals surface area contributed by atoms with Gasteiger partial charge in [-0.15, -0.1) is 0 Å². The summed E-state index contributed by atoms with van der Waals surface area (Å²) in [5.41, 5.74) is -0.0620. The molecule has 1 atom stereocenters. The fourth-order valence-corrected chi connectivity index (χ4v) is 1.65. The average molecular weight is 293 g/mol. The predicted molar refractivity (Wildman–Crippen MR) is 91.2 cm³/mol. The van der Waals surface area contributed by atoms with Crippen molar-refractivity contribution in [1.82, 2.24) is 14.9 Å². The van der Waals surface area contributed by atoms with E-state index in [-0.39, 0.29) is 5.41 Å². The molecule has 1 rings (SSSR count). The van der Waals surface area contributed by atoms with Gasteiger partial charge in [-0.05, 0) is 27.4 Å². The van der Waals surface area contributed by atoms with E-state index in [1.165, 1.54) is 0 Å². The van der Waals surface area contributed by atoms with Gasteiger partial charge in [-0.1, -0.05) is 27.7 Å². The van der Waals surface area contributed by atoms with Crippen molar-refractivity contribution in [3.63, 3.8) is 0 Å². The van der Waals surface area contributed by atoms with Crippen LogP contribution < -0.4 is 10.6 Å². The molecule has 2 N–H and O–H groups in total. The molecule has 0 aliphatic rings. The van der Waals surface area contributed by atoms with E-state index in [9.17, 15) is 0 Å². The lowest BCUT2D eigenvalue weighted by Gasteiger charge is -2.22. The minimum absolute atomic E-state index is 0.0620. The maximum absolute atomic E-state index is 4.66. The van der Waals surface area contributed by atoms with Crippen LogP contribution in [0, 0.1) is 0 Å². The predicted octanol–water partition coefficient (Wildman–Crippen LogP) is 2.96. The fourth-order valence-electron chi connectivity index (χ4n) is 1.65. The SMILES string of the molecule is CCCNc1cc(NCC(C)N(C)C)nc(C(C)(C)C)n1. The van der Waals surface area contributed by atoms with E-state index in [0.717, 1.165) is 37.0 Å². The number of nitrogens with zero attached hydrogens (tertiary/aromatic N) is 3. The first kappa shape index (κ1) is 17.7. The van der Waals surface area contributed by atoms with Crippen LogP contribution in [0.4, 0.5) is 11.6 Å². The van der Waals surface area contributed by atoms with Gasteiger partial charge >= 0.3 is 0 Å². The maximum Gasteiger partial charge on any atom is 0.138 e. The summed E-state index contributed by atoms with van der Waals surface area (Å²) in [6.07, 6.45) is 1.08. The number of hydrogen-bond acceptors (Lipinski definition) is 5. The zero-order chi connectivity index (χ0) is 16.0. The summed E-state index contributed by atoms with van der Waals surface area (Å²) in [6.45, 7) is 12.5. The molecule has 120 valence electrons. The summed E-state index contributed by atoms with van der Waals surface area (Å²) in [4.78, 5) is 11.5. The Hall–Kier alpha value is -1.36. The normalized spacial score (nSPS) is 13.3. The monoisotopic (exact) mass is 293 g/mol. The summed E-state index contributed by atoms with van der Waals surface area (Å²) in [5.74, 6) is 2.66. The Kier molecular flexibility index (Phi) is 6.40. The number of anilines is 2. The number of likely N-dealkylation sites (N-methyl/N-ethyl adjacent to an activating group) is 1. The minimum atomic E-state index is -0.0620. The standard InChI is InChI=1S/C16H31N5/c1-8-9-17-13-10-14(18-11-12(2)21(6)7)20-15(19-13)16(3,4)5/h10,12H,8-9,11H2,1-7H3,(H2,17,18,19,20). The van der Waals surface area contributed by atoms with Crippen molar-refractivity contribution < 1.29 is 0 Å². The molecule has 1 aromatic heterocycles. The zero-order valence-corrected chi connectivity index (χ0v) is 14.6. The van der Waals surface area contributed by atoms with Crippen molar-refractivity contribution in [2.45, 2.75) is 52.5 Å². The first-order chi connectivity index (χ1) is 9.74. The Balaban J connectivity index is 2.91. The van der Waals surface area contributed by atoms with Crippen molar-refractivity contribution in [3.05, 3.63) is 11.9 Å². The fraction of sp³-hybridized carbons (Fsp3) is 0.750. The molecule has 0 amide bonds. The third-order valence-corrected chi connectivity index (χ3v) is 3.41. The quantitative estimate of drug-likeness (QED) is 0.809. The van der Waals surface area contributed by atoms with Crippen LogP contribution in [0.2, 0.25) is 0 Å². The largest absolute Gasteiger partial charge is 0.370 e. The van der Waals surface area contributed by atoms with E-state index < -0.39 is 0 Å². The van der Waals surface area contributed by atoms with Crippen LogP contribution in [0.15, 0.2) is 6.07 Å². The lowest BCUT2D eigenvalue weighted by molar-refractivity contribution is 0.326. The van der Waals surface area contributed by atoms with Crippen molar-refractivity contribution in [2.75, 3.05) is 37.8 Å². The number of rotatable bonds is 7. The summed E-state index contributed by atoms with van der Waals surface area (Å²) >= 11 is 0. The first-order valence-corrected chi connectivity index (χ1v) is 7.77. The zero-order valence-electron chi connectivity index (χ0n) is 14.6. The van der Waals surface area contributed by atoms with Crippen LogP contribution in [0.3, 0.4) is 0 Å². The Morgan fingerprint density at radius 3 is 2.19 bits per heavy atom. The molecule has 0 bridgehead atoms. The van der Waals surface area contributed by atoms with Gasteiger partial charge in [-0.25, -0.2) is 9.97 Å². The molecule has 0 aliphatic heterocycles. The third kappa shape index (κ3) is 5.87. The number of aromatic nitrogens is 2. The molecular formula is C16H31N5. The molecule has 1 aromatic rings. The van der Waals surface area contributed by atoms with Crippen LogP contribution in [0.25, 0.3) is 0 Å². The molecule has 5 nitrogen and oxygen atoms in total. The third-order valence-electron chi connectivity index (χ3n) is 3.41. The highest BCUT2D eigenvalue weighted by atomic mass is 15.1. The molecule has 0 spiro atoms. The van der Waals surface area contributed by atoms with Gasteiger partial charge < -0.3 is 15.5 Å². The van der Waals surface area contributed by atoms with E-state index in [2.05, 4.69) is 74.2 Å². The van der Waals surface area contributed by atoms with Crippen molar-refractivity contribution in [1.29, 1.82) is 0 Å². The van der Waals surface area contributed by atoms with Crippen LogP contribution in [0.1, 0.15) is 46.9 Å². The Morgan fingerprint density at radius 1 is 1.14 bits per heavy atom. The summed E-state index contributed by atoms with van der Waals surface area (Å²) < 4.78 is 0. The van der Waals surface area contributed by atoms with Gasteiger partial charge in [0.05, 0.1) is 0 Å². The minimum Gasteiger partial charge on any atom is -0.370 e. The molecular weight excluding hydrogens is 262 g/mol. The smallest absolute Gasteiger partial charge is 0.138 e. The highest BCUT2D eigenvalue weighted by molar-refractivity contribution is 5.48.